The lowest BCUT2D eigenvalue weighted by Gasteiger charge is -2.38. The molecule has 3 heterocycles. The van der Waals surface area contributed by atoms with Crippen molar-refractivity contribution in [1.29, 1.82) is 0 Å². The van der Waals surface area contributed by atoms with Gasteiger partial charge in [-0.05, 0) is 36.1 Å². The number of benzene rings is 1. The fraction of sp³-hybridized carbons (Fsp3) is 0.400. The molecule has 6 nitrogen and oxygen atoms in total. The van der Waals surface area contributed by atoms with Crippen LogP contribution in [0.25, 0.3) is 0 Å². The van der Waals surface area contributed by atoms with Gasteiger partial charge in [0.05, 0.1) is 16.4 Å². The Labute approximate surface area is 162 Å². The molecule has 1 aromatic carbocycles. The smallest absolute Gasteiger partial charge is 0.231 e. The van der Waals surface area contributed by atoms with E-state index >= 15 is 0 Å². The van der Waals surface area contributed by atoms with Gasteiger partial charge in [-0.1, -0.05) is 24.3 Å². The first kappa shape index (κ1) is 18.1. The van der Waals surface area contributed by atoms with Crippen LogP contribution in [0.4, 0.5) is 0 Å². The van der Waals surface area contributed by atoms with Crippen molar-refractivity contribution in [1.82, 2.24) is 5.32 Å². The predicted molar refractivity (Wildman–Crippen MR) is 105 cm³/mol. The second kappa shape index (κ2) is 7.05. The normalized spacial score (nSPS) is 29.4. The fourth-order valence-corrected chi connectivity index (χ4v) is 6.08. The van der Waals surface area contributed by atoms with Crippen molar-refractivity contribution in [2.75, 3.05) is 19.1 Å². The molecule has 3 N–H and O–H groups in total. The third-order valence-corrected chi connectivity index (χ3v) is 7.26. The van der Waals surface area contributed by atoms with Gasteiger partial charge in [0.15, 0.2) is 11.5 Å². The standard InChI is InChI=1S/C20H20N2O3S.H2O/c23-19(22-10-13-4-5-16-17(9-13)25-12-24-16)14-11-26-20-7-2-1-3-18(20)21-8-6-15(14)20;/h1-5,7,9,14-15H,6,8,10-12H2,(H,22,23);1H2. The van der Waals surface area contributed by atoms with Crippen LogP contribution in [0.2, 0.25) is 0 Å². The van der Waals surface area contributed by atoms with E-state index in [0.717, 1.165) is 41.5 Å². The Morgan fingerprint density at radius 3 is 3.11 bits per heavy atom. The summed E-state index contributed by atoms with van der Waals surface area (Å²) >= 11 is 1.87. The Kier molecular flexibility index (Phi) is 4.74. The summed E-state index contributed by atoms with van der Waals surface area (Å²) in [4.78, 5) is 17.6. The van der Waals surface area contributed by atoms with Gasteiger partial charge < -0.3 is 20.3 Å². The van der Waals surface area contributed by atoms with E-state index in [1.165, 1.54) is 0 Å². The zero-order valence-corrected chi connectivity index (χ0v) is 15.6. The second-order valence-corrected chi connectivity index (χ2v) is 8.29. The summed E-state index contributed by atoms with van der Waals surface area (Å²) in [5.74, 6) is 2.84. The number of carbonyl (C=O) groups is 1. The average molecular weight is 386 g/mol. The molecule has 0 bridgehead atoms. The number of carbonyl (C=O) groups excluding carboxylic acids is 1. The number of aliphatic imine (C=N–C) groups is 1. The Morgan fingerprint density at radius 1 is 1.30 bits per heavy atom. The molecule has 4 aliphatic rings. The van der Waals surface area contributed by atoms with Crippen LogP contribution in [-0.2, 0) is 11.3 Å². The summed E-state index contributed by atoms with van der Waals surface area (Å²) in [6.07, 6.45) is 9.45. The molecule has 142 valence electrons. The lowest BCUT2D eigenvalue weighted by molar-refractivity contribution is -0.125. The highest BCUT2D eigenvalue weighted by Gasteiger charge is 2.53. The van der Waals surface area contributed by atoms with Gasteiger partial charge in [0, 0.05) is 18.8 Å². The van der Waals surface area contributed by atoms with E-state index in [4.69, 9.17) is 14.5 Å². The molecular weight excluding hydrogens is 364 g/mol. The average Bonchev–Trinajstić information content (AvgIpc) is 3.29. The van der Waals surface area contributed by atoms with Crippen molar-refractivity contribution in [3.63, 3.8) is 0 Å². The summed E-state index contributed by atoms with van der Waals surface area (Å²) in [5.41, 5.74) is 2.15. The largest absolute Gasteiger partial charge is 0.454 e. The van der Waals surface area contributed by atoms with Crippen LogP contribution in [0.3, 0.4) is 0 Å². The van der Waals surface area contributed by atoms with Gasteiger partial charge in [0.2, 0.25) is 12.7 Å². The number of rotatable bonds is 3. The third-order valence-electron chi connectivity index (χ3n) is 5.61. The van der Waals surface area contributed by atoms with Crippen LogP contribution in [0.1, 0.15) is 12.0 Å². The molecule has 1 aliphatic carbocycles. The third kappa shape index (κ3) is 2.95. The summed E-state index contributed by atoms with van der Waals surface area (Å²) in [5, 5.41) is 3.13. The van der Waals surface area contributed by atoms with Crippen LogP contribution in [0.5, 0.6) is 11.5 Å². The monoisotopic (exact) mass is 386 g/mol. The second-order valence-electron chi connectivity index (χ2n) is 7.00. The van der Waals surface area contributed by atoms with E-state index in [0.29, 0.717) is 12.5 Å². The molecule has 1 fully saturated rings. The summed E-state index contributed by atoms with van der Waals surface area (Å²) in [6.45, 7) is 1.58. The highest BCUT2D eigenvalue weighted by atomic mass is 32.2. The maximum atomic E-state index is 12.9. The van der Waals surface area contributed by atoms with E-state index < -0.39 is 0 Å². The lowest BCUT2D eigenvalue weighted by Crippen LogP contribution is -2.46. The molecule has 5 rings (SSSR count). The quantitative estimate of drug-likeness (QED) is 0.859. The Bertz CT molecular complexity index is 850. The van der Waals surface area contributed by atoms with Crippen molar-refractivity contribution in [3.8, 4) is 11.5 Å². The molecular formula is C20H22N2O4S. The SMILES string of the molecule is O.O=C(NCc1ccc2c(c1)OCO2)C1CSC23C=CC=CC2=NCCC13. The minimum atomic E-state index is -0.103. The van der Waals surface area contributed by atoms with Crippen LogP contribution in [-0.4, -0.2) is 40.9 Å². The number of hydrogen-bond donors (Lipinski definition) is 1. The topological polar surface area (TPSA) is 91.4 Å². The van der Waals surface area contributed by atoms with Crippen molar-refractivity contribution in [3.05, 3.63) is 48.1 Å². The first-order valence-electron chi connectivity index (χ1n) is 8.97. The first-order chi connectivity index (χ1) is 12.8. The predicted octanol–water partition coefficient (Wildman–Crippen LogP) is 1.90. The Hall–Kier alpha value is -2.25. The molecule has 3 atom stereocenters. The molecule has 0 saturated carbocycles. The van der Waals surface area contributed by atoms with E-state index in [2.05, 4.69) is 23.5 Å². The molecule has 3 unspecified atom stereocenters. The zero-order chi connectivity index (χ0) is 17.6. The van der Waals surface area contributed by atoms with Gasteiger partial charge in [-0.3, -0.25) is 9.79 Å². The Balaban J connectivity index is 0.00000180. The molecule has 7 heteroatoms. The minimum absolute atomic E-state index is 0. The lowest BCUT2D eigenvalue weighted by atomic mass is 9.74. The number of nitrogens with zero attached hydrogens (tertiary/aromatic N) is 1. The molecule has 1 saturated heterocycles. The number of ether oxygens (including phenoxy) is 2. The van der Waals surface area contributed by atoms with Gasteiger partial charge in [0.1, 0.15) is 0 Å². The maximum Gasteiger partial charge on any atom is 0.231 e. The van der Waals surface area contributed by atoms with Crippen molar-refractivity contribution in [2.45, 2.75) is 17.7 Å². The van der Waals surface area contributed by atoms with E-state index in [9.17, 15) is 4.79 Å². The van der Waals surface area contributed by atoms with Gasteiger partial charge in [-0.2, -0.15) is 0 Å². The summed E-state index contributed by atoms with van der Waals surface area (Å²) < 4.78 is 10.6. The molecule has 1 amide bonds. The molecule has 27 heavy (non-hydrogen) atoms. The number of hydrogen-bond acceptors (Lipinski definition) is 5. The minimum Gasteiger partial charge on any atom is -0.454 e. The number of nitrogens with one attached hydrogen (secondary N) is 1. The fourth-order valence-electron chi connectivity index (χ4n) is 4.29. The summed E-state index contributed by atoms with van der Waals surface area (Å²) in [6, 6.07) is 5.81. The number of allylic oxidation sites excluding steroid dienone is 3. The van der Waals surface area contributed by atoms with Gasteiger partial charge in [-0.15, -0.1) is 11.8 Å². The Morgan fingerprint density at radius 2 is 2.19 bits per heavy atom. The molecule has 3 aliphatic heterocycles. The van der Waals surface area contributed by atoms with Gasteiger partial charge in [-0.25, -0.2) is 0 Å². The molecule has 0 radical (unpaired) electrons. The van der Waals surface area contributed by atoms with Gasteiger partial charge in [0.25, 0.3) is 0 Å². The van der Waals surface area contributed by atoms with Crippen LogP contribution < -0.4 is 14.8 Å². The summed E-state index contributed by atoms with van der Waals surface area (Å²) in [7, 11) is 0. The highest BCUT2D eigenvalue weighted by molar-refractivity contribution is 8.02. The van der Waals surface area contributed by atoms with Crippen molar-refractivity contribution in [2.24, 2.45) is 16.8 Å². The first-order valence-corrected chi connectivity index (χ1v) is 9.96. The van der Waals surface area contributed by atoms with Crippen LogP contribution in [0, 0.1) is 11.8 Å². The van der Waals surface area contributed by atoms with Gasteiger partial charge >= 0.3 is 0 Å². The molecule has 0 aromatic heterocycles. The zero-order valence-electron chi connectivity index (χ0n) is 14.8. The molecule has 1 spiro atoms. The highest BCUT2D eigenvalue weighted by Crippen LogP contribution is 2.52. The van der Waals surface area contributed by atoms with E-state index in [1.807, 2.05) is 36.0 Å². The van der Waals surface area contributed by atoms with E-state index in [1.54, 1.807) is 0 Å². The number of thioether (sulfide) groups is 1. The van der Waals surface area contributed by atoms with Crippen molar-refractivity contribution < 1.29 is 19.7 Å². The van der Waals surface area contributed by atoms with Crippen molar-refractivity contribution >= 4 is 23.4 Å². The number of fused-ring (bicyclic) bond motifs is 1. The molecule has 1 aromatic rings. The maximum absolute atomic E-state index is 12.9. The van der Waals surface area contributed by atoms with Crippen LogP contribution in [0.15, 0.2) is 47.5 Å². The van der Waals surface area contributed by atoms with E-state index in [-0.39, 0.29) is 28.8 Å². The van der Waals surface area contributed by atoms with Crippen LogP contribution >= 0.6 is 11.8 Å². The number of amides is 1.